The zero-order valence-electron chi connectivity index (χ0n) is 16.6. The van der Waals surface area contributed by atoms with Crippen LogP contribution in [0.1, 0.15) is 44.9 Å². The quantitative estimate of drug-likeness (QED) is 0.724. The van der Waals surface area contributed by atoms with Crippen molar-refractivity contribution in [2.75, 3.05) is 13.1 Å². The number of hydrogen-bond acceptors (Lipinski definition) is 4. The van der Waals surface area contributed by atoms with Gasteiger partial charge in [0, 0.05) is 19.6 Å². The van der Waals surface area contributed by atoms with Crippen LogP contribution < -0.4 is 0 Å². The van der Waals surface area contributed by atoms with E-state index in [1.54, 1.807) is 6.20 Å². The van der Waals surface area contributed by atoms with Gasteiger partial charge in [-0.15, -0.1) is 0 Å². The Hall–Kier alpha value is -1.66. The lowest BCUT2D eigenvalue weighted by atomic mass is 10.0. The third-order valence-corrected chi connectivity index (χ3v) is 6.65. The van der Waals surface area contributed by atoms with Crippen LogP contribution in [-0.4, -0.2) is 36.0 Å². The Balaban J connectivity index is 1.87. The van der Waals surface area contributed by atoms with E-state index < -0.39 is 9.84 Å². The van der Waals surface area contributed by atoms with Gasteiger partial charge in [0.1, 0.15) is 0 Å². The summed E-state index contributed by atoms with van der Waals surface area (Å²) in [6.07, 6.45) is 4.25. The van der Waals surface area contributed by atoms with Crippen molar-refractivity contribution in [2.24, 2.45) is 11.8 Å². The number of piperidine rings is 1. The lowest BCUT2D eigenvalue weighted by Crippen LogP contribution is -2.34. The first-order chi connectivity index (χ1) is 12.8. The summed E-state index contributed by atoms with van der Waals surface area (Å²) in [6.45, 7) is 10.1. The Kier molecular flexibility index (Phi) is 6.37. The zero-order chi connectivity index (χ0) is 19.4. The fourth-order valence-corrected chi connectivity index (χ4v) is 5.35. The second-order valence-corrected chi connectivity index (χ2v) is 10.1. The second kappa shape index (κ2) is 8.57. The van der Waals surface area contributed by atoms with E-state index in [2.05, 4.69) is 30.7 Å². The fraction of sp³-hybridized carbons (Fsp3) is 0.571. The molecule has 0 spiro atoms. The number of sulfone groups is 1. The molecule has 0 aliphatic carbocycles. The summed E-state index contributed by atoms with van der Waals surface area (Å²) in [4.78, 5) is 6.80. The van der Waals surface area contributed by atoms with Crippen LogP contribution in [0.3, 0.4) is 0 Å². The van der Waals surface area contributed by atoms with Gasteiger partial charge in [0.15, 0.2) is 0 Å². The SMILES string of the molecule is CC(C)Cn1c(CN2CCC[C@@H](C)C2)cnc1S(=O)(=O)Cc1ccccc1. The average Bonchev–Trinajstić information content (AvgIpc) is 2.98. The molecule has 0 saturated carbocycles. The summed E-state index contributed by atoms with van der Waals surface area (Å²) in [6, 6.07) is 9.34. The summed E-state index contributed by atoms with van der Waals surface area (Å²) in [5, 5.41) is 0.208. The summed E-state index contributed by atoms with van der Waals surface area (Å²) in [5.41, 5.74) is 1.80. The van der Waals surface area contributed by atoms with Crippen molar-refractivity contribution in [1.29, 1.82) is 0 Å². The fourth-order valence-electron chi connectivity index (χ4n) is 3.84. The monoisotopic (exact) mass is 389 g/mol. The minimum Gasteiger partial charge on any atom is -0.317 e. The van der Waals surface area contributed by atoms with Crippen LogP contribution in [0.5, 0.6) is 0 Å². The van der Waals surface area contributed by atoms with Crippen LogP contribution in [0.25, 0.3) is 0 Å². The molecule has 5 nitrogen and oxygen atoms in total. The van der Waals surface area contributed by atoms with E-state index in [4.69, 9.17) is 0 Å². The van der Waals surface area contributed by atoms with Gasteiger partial charge < -0.3 is 4.57 Å². The van der Waals surface area contributed by atoms with Crippen LogP contribution >= 0.6 is 0 Å². The van der Waals surface area contributed by atoms with E-state index in [1.165, 1.54) is 12.8 Å². The van der Waals surface area contributed by atoms with Crippen molar-refractivity contribution < 1.29 is 8.42 Å². The topological polar surface area (TPSA) is 55.2 Å². The maximum Gasteiger partial charge on any atom is 0.228 e. The molecule has 1 aromatic carbocycles. The van der Waals surface area contributed by atoms with Gasteiger partial charge in [-0.3, -0.25) is 4.90 Å². The van der Waals surface area contributed by atoms with Gasteiger partial charge in [-0.25, -0.2) is 13.4 Å². The molecule has 0 amide bonds. The molecule has 1 atom stereocenters. The maximum atomic E-state index is 13.1. The lowest BCUT2D eigenvalue weighted by Gasteiger charge is -2.31. The molecular weight excluding hydrogens is 358 g/mol. The van der Waals surface area contributed by atoms with Gasteiger partial charge >= 0.3 is 0 Å². The lowest BCUT2D eigenvalue weighted by molar-refractivity contribution is 0.172. The molecule has 27 heavy (non-hydrogen) atoms. The molecule has 1 aliphatic heterocycles. The largest absolute Gasteiger partial charge is 0.317 e. The Bertz CT molecular complexity index is 844. The Morgan fingerprint density at radius 3 is 2.63 bits per heavy atom. The van der Waals surface area contributed by atoms with Crippen molar-refractivity contribution >= 4 is 9.84 Å². The third-order valence-electron chi connectivity index (χ3n) is 5.05. The van der Waals surface area contributed by atoms with Crippen molar-refractivity contribution in [3.05, 3.63) is 47.8 Å². The number of rotatable bonds is 7. The van der Waals surface area contributed by atoms with Crippen LogP contribution in [0, 0.1) is 11.8 Å². The molecule has 0 N–H and O–H groups in total. The van der Waals surface area contributed by atoms with E-state index in [-0.39, 0.29) is 10.9 Å². The summed E-state index contributed by atoms with van der Waals surface area (Å²) < 4.78 is 28.1. The van der Waals surface area contributed by atoms with Gasteiger partial charge in [0.25, 0.3) is 0 Å². The molecule has 2 heterocycles. The summed E-state index contributed by atoms with van der Waals surface area (Å²) in [5.74, 6) is 1.04. The molecule has 2 aromatic rings. The highest BCUT2D eigenvalue weighted by Gasteiger charge is 2.26. The minimum atomic E-state index is -3.49. The smallest absolute Gasteiger partial charge is 0.228 e. The van der Waals surface area contributed by atoms with Crippen molar-refractivity contribution in [3.8, 4) is 0 Å². The number of likely N-dealkylation sites (tertiary alicyclic amines) is 1. The van der Waals surface area contributed by atoms with Crippen LogP contribution in [0.15, 0.2) is 41.7 Å². The molecule has 1 saturated heterocycles. The van der Waals surface area contributed by atoms with Crippen molar-refractivity contribution in [2.45, 2.75) is 57.6 Å². The van der Waals surface area contributed by atoms with Gasteiger partial charge in [-0.2, -0.15) is 0 Å². The molecule has 1 aromatic heterocycles. The van der Waals surface area contributed by atoms with Crippen molar-refractivity contribution in [3.63, 3.8) is 0 Å². The van der Waals surface area contributed by atoms with E-state index in [0.717, 1.165) is 30.9 Å². The molecular formula is C21H31N3O2S. The molecule has 0 radical (unpaired) electrons. The van der Waals surface area contributed by atoms with Crippen molar-refractivity contribution in [1.82, 2.24) is 14.5 Å². The molecule has 3 rings (SSSR count). The third kappa shape index (κ3) is 5.20. The maximum absolute atomic E-state index is 13.1. The molecule has 1 fully saturated rings. The van der Waals surface area contributed by atoms with Crippen LogP contribution in [0.4, 0.5) is 0 Å². The standard InChI is InChI=1S/C21H31N3O2S/c1-17(2)13-24-20(15-23-11-7-8-18(3)14-23)12-22-21(24)27(25,26)16-19-9-5-4-6-10-19/h4-6,9-10,12,17-18H,7-8,11,13-16H2,1-3H3/t18-/m1/s1. The first kappa shape index (κ1) is 20.1. The normalized spacial score (nSPS) is 18.9. The zero-order valence-corrected chi connectivity index (χ0v) is 17.5. The Morgan fingerprint density at radius 2 is 1.96 bits per heavy atom. The molecule has 148 valence electrons. The second-order valence-electron chi connectivity index (χ2n) is 8.26. The predicted molar refractivity (Wildman–Crippen MR) is 108 cm³/mol. The first-order valence-corrected chi connectivity index (χ1v) is 11.5. The van der Waals surface area contributed by atoms with Crippen LogP contribution in [-0.2, 0) is 28.7 Å². The highest BCUT2D eigenvalue weighted by molar-refractivity contribution is 7.90. The number of hydrogen-bond donors (Lipinski definition) is 0. The first-order valence-electron chi connectivity index (χ1n) is 9.88. The van der Waals surface area contributed by atoms with E-state index >= 15 is 0 Å². The van der Waals surface area contributed by atoms with E-state index in [0.29, 0.717) is 18.4 Å². The number of aromatic nitrogens is 2. The summed E-state index contributed by atoms with van der Waals surface area (Å²) in [7, 11) is -3.49. The summed E-state index contributed by atoms with van der Waals surface area (Å²) >= 11 is 0. The number of nitrogens with zero attached hydrogens (tertiary/aromatic N) is 3. The van der Waals surface area contributed by atoms with Gasteiger partial charge in [0.2, 0.25) is 15.0 Å². The van der Waals surface area contributed by atoms with Gasteiger partial charge in [-0.1, -0.05) is 51.1 Å². The highest BCUT2D eigenvalue weighted by Crippen LogP contribution is 2.22. The van der Waals surface area contributed by atoms with Gasteiger partial charge in [-0.05, 0) is 36.8 Å². The Labute approximate surface area is 163 Å². The van der Waals surface area contributed by atoms with Crippen LogP contribution in [0.2, 0.25) is 0 Å². The molecule has 0 bridgehead atoms. The highest BCUT2D eigenvalue weighted by atomic mass is 32.2. The number of benzene rings is 1. The Morgan fingerprint density at radius 1 is 1.22 bits per heavy atom. The average molecular weight is 390 g/mol. The molecule has 1 aliphatic rings. The molecule has 0 unspecified atom stereocenters. The number of imidazole rings is 1. The van der Waals surface area contributed by atoms with E-state index in [9.17, 15) is 8.42 Å². The van der Waals surface area contributed by atoms with Gasteiger partial charge in [0.05, 0.1) is 17.6 Å². The van der Waals surface area contributed by atoms with E-state index in [1.807, 2.05) is 34.9 Å². The minimum absolute atomic E-state index is 0.0108. The molecule has 6 heteroatoms. The predicted octanol–water partition coefficient (Wildman–Crippen LogP) is 3.74.